The van der Waals surface area contributed by atoms with Crippen molar-refractivity contribution >= 4 is 5.69 Å². The van der Waals surface area contributed by atoms with Crippen molar-refractivity contribution in [2.45, 2.75) is 46.1 Å². The molecule has 0 aliphatic carbocycles. The molecule has 1 N–H and O–H groups in total. The van der Waals surface area contributed by atoms with Crippen molar-refractivity contribution in [2.24, 2.45) is 0 Å². The molecule has 1 atom stereocenters. The summed E-state index contributed by atoms with van der Waals surface area (Å²) in [6.45, 7) is 12.2. The molecule has 0 saturated heterocycles. The Kier molecular flexibility index (Phi) is 5.67. The van der Waals surface area contributed by atoms with Crippen LogP contribution in [0.1, 0.15) is 40.2 Å². The number of anilines is 1. The van der Waals surface area contributed by atoms with Gasteiger partial charge in [-0.25, -0.2) is 0 Å². The summed E-state index contributed by atoms with van der Waals surface area (Å²) in [5.41, 5.74) is 2.45. The van der Waals surface area contributed by atoms with Crippen LogP contribution in [0.4, 0.5) is 5.69 Å². The largest absolute Gasteiger partial charge is 0.495 e. The molecule has 0 saturated carbocycles. The zero-order chi connectivity index (χ0) is 14.5. The van der Waals surface area contributed by atoms with Gasteiger partial charge in [-0.2, -0.15) is 0 Å². The molecule has 1 aromatic carbocycles. The molecule has 3 heteroatoms. The molecule has 0 aliphatic heterocycles. The van der Waals surface area contributed by atoms with Crippen LogP contribution < -0.4 is 10.1 Å². The van der Waals surface area contributed by atoms with Crippen molar-refractivity contribution in [3.05, 3.63) is 23.8 Å². The Morgan fingerprint density at radius 1 is 1.26 bits per heavy atom. The minimum absolute atomic E-state index is 0.131. The highest BCUT2D eigenvalue weighted by molar-refractivity contribution is 5.59. The SMILES string of the molecule is CCOCC(C)Nc1cc(C(C)(C)C)ccc1OC. The van der Waals surface area contributed by atoms with Gasteiger partial charge in [-0.1, -0.05) is 26.8 Å². The lowest BCUT2D eigenvalue weighted by atomic mass is 9.87. The maximum Gasteiger partial charge on any atom is 0.141 e. The quantitative estimate of drug-likeness (QED) is 0.848. The first-order valence-corrected chi connectivity index (χ1v) is 6.91. The number of rotatable bonds is 6. The second kappa shape index (κ2) is 6.80. The average Bonchev–Trinajstić information content (AvgIpc) is 2.35. The van der Waals surface area contributed by atoms with Gasteiger partial charge in [0.1, 0.15) is 5.75 Å². The number of ether oxygens (including phenoxy) is 2. The summed E-state index contributed by atoms with van der Waals surface area (Å²) < 4.78 is 10.9. The van der Waals surface area contributed by atoms with E-state index in [2.05, 4.69) is 45.1 Å². The molecule has 0 bridgehead atoms. The van der Waals surface area contributed by atoms with Gasteiger partial charge in [-0.05, 0) is 37.0 Å². The Morgan fingerprint density at radius 2 is 1.95 bits per heavy atom. The Bertz CT molecular complexity index is 396. The van der Waals surface area contributed by atoms with Crippen molar-refractivity contribution in [1.29, 1.82) is 0 Å². The highest BCUT2D eigenvalue weighted by Crippen LogP contribution is 2.31. The maximum atomic E-state index is 5.44. The lowest BCUT2D eigenvalue weighted by molar-refractivity contribution is 0.141. The first-order valence-electron chi connectivity index (χ1n) is 6.91. The summed E-state index contributed by atoms with van der Waals surface area (Å²) in [7, 11) is 1.70. The Labute approximate surface area is 117 Å². The van der Waals surface area contributed by atoms with Gasteiger partial charge in [0.15, 0.2) is 0 Å². The van der Waals surface area contributed by atoms with Gasteiger partial charge in [-0.3, -0.25) is 0 Å². The van der Waals surface area contributed by atoms with Crippen LogP contribution in [-0.4, -0.2) is 26.4 Å². The van der Waals surface area contributed by atoms with Gasteiger partial charge in [0.05, 0.1) is 19.4 Å². The highest BCUT2D eigenvalue weighted by atomic mass is 16.5. The van der Waals surface area contributed by atoms with Crippen LogP contribution in [0.15, 0.2) is 18.2 Å². The van der Waals surface area contributed by atoms with E-state index in [-0.39, 0.29) is 11.5 Å². The summed E-state index contributed by atoms with van der Waals surface area (Å²) in [4.78, 5) is 0. The van der Waals surface area contributed by atoms with Gasteiger partial charge in [0.2, 0.25) is 0 Å². The van der Waals surface area contributed by atoms with E-state index < -0.39 is 0 Å². The summed E-state index contributed by atoms with van der Waals surface area (Å²) in [5, 5.41) is 3.46. The first kappa shape index (κ1) is 15.8. The van der Waals surface area contributed by atoms with Crippen molar-refractivity contribution in [1.82, 2.24) is 0 Å². The van der Waals surface area contributed by atoms with Gasteiger partial charge < -0.3 is 14.8 Å². The summed E-state index contributed by atoms with van der Waals surface area (Å²) in [6, 6.07) is 6.57. The van der Waals surface area contributed by atoms with Crippen LogP contribution in [0.3, 0.4) is 0 Å². The Morgan fingerprint density at radius 3 is 2.47 bits per heavy atom. The topological polar surface area (TPSA) is 30.5 Å². The molecule has 1 aromatic rings. The molecule has 0 heterocycles. The van der Waals surface area contributed by atoms with Crippen molar-refractivity contribution in [3.8, 4) is 5.75 Å². The van der Waals surface area contributed by atoms with Gasteiger partial charge in [-0.15, -0.1) is 0 Å². The number of hydrogen-bond acceptors (Lipinski definition) is 3. The lowest BCUT2D eigenvalue weighted by Gasteiger charge is -2.23. The molecule has 1 rings (SSSR count). The molecule has 0 aromatic heterocycles. The average molecular weight is 265 g/mol. The second-order valence-corrected chi connectivity index (χ2v) is 5.87. The van der Waals surface area contributed by atoms with E-state index in [9.17, 15) is 0 Å². The molecule has 0 aliphatic rings. The number of methoxy groups -OCH3 is 1. The molecular formula is C16H27NO2. The molecular weight excluding hydrogens is 238 g/mol. The summed E-state index contributed by atoms with van der Waals surface area (Å²) in [5.74, 6) is 0.872. The molecule has 0 amide bonds. The van der Waals surface area contributed by atoms with E-state index in [1.807, 2.05) is 13.0 Å². The predicted molar refractivity (Wildman–Crippen MR) is 81.3 cm³/mol. The number of hydrogen-bond donors (Lipinski definition) is 1. The van der Waals surface area contributed by atoms with Crippen LogP contribution in [0.2, 0.25) is 0 Å². The maximum absolute atomic E-state index is 5.44. The third kappa shape index (κ3) is 4.75. The predicted octanol–water partition coefficient (Wildman–Crippen LogP) is 3.83. The van der Waals surface area contributed by atoms with Crippen LogP contribution in [-0.2, 0) is 10.2 Å². The fourth-order valence-electron chi connectivity index (χ4n) is 1.89. The van der Waals surface area contributed by atoms with Crippen molar-refractivity contribution < 1.29 is 9.47 Å². The van der Waals surface area contributed by atoms with E-state index in [0.717, 1.165) is 18.0 Å². The van der Waals surface area contributed by atoms with E-state index in [1.54, 1.807) is 7.11 Å². The normalized spacial score (nSPS) is 13.2. The Balaban J connectivity index is 2.90. The number of benzene rings is 1. The van der Waals surface area contributed by atoms with Crippen LogP contribution >= 0.6 is 0 Å². The smallest absolute Gasteiger partial charge is 0.141 e. The number of nitrogens with one attached hydrogen (secondary N) is 1. The van der Waals surface area contributed by atoms with Crippen LogP contribution in [0.5, 0.6) is 5.75 Å². The molecule has 3 nitrogen and oxygen atoms in total. The minimum Gasteiger partial charge on any atom is -0.495 e. The van der Waals surface area contributed by atoms with Crippen molar-refractivity contribution in [3.63, 3.8) is 0 Å². The summed E-state index contributed by atoms with van der Waals surface area (Å²) in [6.07, 6.45) is 0. The molecule has 108 valence electrons. The van der Waals surface area contributed by atoms with Gasteiger partial charge in [0.25, 0.3) is 0 Å². The first-order chi connectivity index (χ1) is 8.88. The molecule has 0 spiro atoms. The standard InChI is InChI=1S/C16H27NO2/c1-7-19-11-12(2)17-14-10-13(16(3,4)5)8-9-15(14)18-6/h8-10,12,17H,7,11H2,1-6H3. The monoisotopic (exact) mass is 265 g/mol. The minimum atomic E-state index is 0.131. The molecule has 19 heavy (non-hydrogen) atoms. The Hall–Kier alpha value is -1.22. The lowest BCUT2D eigenvalue weighted by Crippen LogP contribution is -2.22. The van der Waals surface area contributed by atoms with E-state index in [1.165, 1.54) is 5.56 Å². The zero-order valence-electron chi connectivity index (χ0n) is 13.0. The zero-order valence-corrected chi connectivity index (χ0v) is 13.0. The third-order valence-corrected chi connectivity index (χ3v) is 3.04. The van der Waals surface area contributed by atoms with Crippen molar-refractivity contribution in [2.75, 3.05) is 25.6 Å². The van der Waals surface area contributed by atoms with E-state index >= 15 is 0 Å². The van der Waals surface area contributed by atoms with Crippen LogP contribution in [0, 0.1) is 0 Å². The van der Waals surface area contributed by atoms with Gasteiger partial charge in [0, 0.05) is 12.6 Å². The molecule has 0 radical (unpaired) electrons. The summed E-state index contributed by atoms with van der Waals surface area (Å²) >= 11 is 0. The molecule has 0 fully saturated rings. The molecule has 1 unspecified atom stereocenters. The fraction of sp³-hybridized carbons (Fsp3) is 0.625. The second-order valence-electron chi connectivity index (χ2n) is 5.87. The third-order valence-electron chi connectivity index (χ3n) is 3.04. The highest BCUT2D eigenvalue weighted by Gasteiger charge is 2.16. The fourth-order valence-corrected chi connectivity index (χ4v) is 1.89. The van der Waals surface area contributed by atoms with Gasteiger partial charge >= 0.3 is 0 Å². The van der Waals surface area contributed by atoms with Crippen LogP contribution in [0.25, 0.3) is 0 Å². The van der Waals surface area contributed by atoms with E-state index in [0.29, 0.717) is 6.61 Å². The van der Waals surface area contributed by atoms with E-state index in [4.69, 9.17) is 9.47 Å².